The van der Waals surface area contributed by atoms with Crippen molar-refractivity contribution < 1.29 is 13.9 Å². The van der Waals surface area contributed by atoms with Gasteiger partial charge in [-0.25, -0.2) is 9.78 Å². The number of benzene rings is 1. The summed E-state index contributed by atoms with van der Waals surface area (Å²) in [5.41, 5.74) is 3.44. The first kappa shape index (κ1) is 21.0. The zero-order valence-electron chi connectivity index (χ0n) is 18.1. The van der Waals surface area contributed by atoms with Crippen molar-refractivity contribution in [2.24, 2.45) is 0 Å². The van der Waals surface area contributed by atoms with Crippen molar-refractivity contribution >= 4 is 39.3 Å². The molecular weight excluding hydrogens is 444 g/mol. The molecule has 32 heavy (non-hydrogen) atoms. The Kier molecular flexibility index (Phi) is 5.43. The van der Waals surface area contributed by atoms with Crippen LogP contribution in [0.15, 0.2) is 44.7 Å². The minimum atomic E-state index is -0.424. The summed E-state index contributed by atoms with van der Waals surface area (Å²) in [5, 5.41) is 1.37. The van der Waals surface area contributed by atoms with Gasteiger partial charge in [-0.05, 0) is 62.4 Å². The molecule has 0 spiro atoms. The number of ether oxygens (including phenoxy) is 1. The Morgan fingerprint density at radius 1 is 1.28 bits per heavy atom. The number of carbonyl (C=O) groups is 1. The van der Waals surface area contributed by atoms with E-state index >= 15 is 0 Å². The van der Waals surface area contributed by atoms with Gasteiger partial charge in [-0.2, -0.15) is 0 Å². The first-order valence-corrected chi connectivity index (χ1v) is 12.2. The van der Waals surface area contributed by atoms with Crippen molar-refractivity contribution in [3.8, 4) is 5.69 Å². The molecule has 1 aliphatic carbocycles. The van der Waals surface area contributed by atoms with Gasteiger partial charge >= 0.3 is 5.97 Å². The van der Waals surface area contributed by atoms with Crippen molar-refractivity contribution in [1.29, 1.82) is 0 Å². The van der Waals surface area contributed by atoms with E-state index in [2.05, 4.69) is 0 Å². The second-order valence-corrected chi connectivity index (χ2v) is 9.90. The summed E-state index contributed by atoms with van der Waals surface area (Å²) in [7, 11) is 1.35. The third kappa shape index (κ3) is 3.57. The molecule has 0 atom stereocenters. The van der Waals surface area contributed by atoms with Crippen LogP contribution in [0, 0.1) is 13.8 Å². The van der Waals surface area contributed by atoms with E-state index in [1.807, 2.05) is 31.2 Å². The molecule has 1 aliphatic rings. The Balaban J connectivity index is 1.60. The molecule has 3 heterocycles. The molecular formula is C24H22N2O4S2. The summed E-state index contributed by atoms with van der Waals surface area (Å²) in [6, 6.07) is 9.59. The SMILES string of the molecule is COC(=O)c1cc(CSc2nc3sc4c(c3c(=O)n2-c2cccc(C)c2)CCC4)oc1C. The van der Waals surface area contributed by atoms with Gasteiger partial charge in [0.15, 0.2) is 5.16 Å². The quantitative estimate of drug-likeness (QED) is 0.228. The number of furan rings is 1. The molecule has 5 rings (SSSR count). The first-order chi connectivity index (χ1) is 15.5. The molecule has 0 bridgehead atoms. The van der Waals surface area contributed by atoms with E-state index in [1.54, 1.807) is 28.9 Å². The van der Waals surface area contributed by atoms with Crippen LogP contribution < -0.4 is 5.56 Å². The highest BCUT2D eigenvalue weighted by molar-refractivity contribution is 7.98. The maximum absolute atomic E-state index is 13.7. The summed E-state index contributed by atoms with van der Waals surface area (Å²) in [4.78, 5) is 32.6. The number of thioether (sulfide) groups is 1. The number of fused-ring (bicyclic) bond motifs is 3. The lowest BCUT2D eigenvalue weighted by atomic mass is 10.2. The van der Waals surface area contributed by atoms with Crippen LogP contribution >= 0.6 is 23.1 Å². The number of aromatic nitrogens is 2. The highest BCUT2D eigenvalue weighted by Gasteiger charge is 2.24. The lowest BCUT2D eigenvalue weighted by Crippen LogP contribution is -2.22. The van der Waals surface area contributed by atoms with Crippen LogP contribution in [-0.4, -0.2) is 22.6 Å². The number of rotatable bonds is 5. The fourth-order valence-electron chi connectivity index (χ4n) is 4.18. The average Bonchev–Trinajstić information content (AvgIpc) is 3.45. The van der Waals surface area contributed by atoms with Gasteiger partial charge in [0.25, 0.3) is 5.56 Å². The molecule has 6 nitrogen and oxygen atoms in total. The number of hydrogen-bond acceptors (Lipinski definition) is 7. The Hall–Kier alpha value is -2.84. The molecule has 0 radical (unpaired) electrons. The highest BCUT2D eigenvalue weighted by Crippen LogP contribution is 2.36. The van der Waals surface area contributed by atoms with E-state index in [0.717, 1.165) is 40.7 Å². The van der Waals surface area contributed by atoms with Crippen molar-refractivity contribution in [2.45, 2.75) is 44.0 Å². The minimum Gasteiger partial charge on any atom is -0.465 e. The van der Waals surface area contributed by atoms with Gasteiger partial charge in [0.05, 0.1) is 23.9 Å². The van der Waals surface area contributed by atoms with Crippen LogP contribution in [-0.2, 0) is 23.3 Å². The highest BCUT2D eigenvalue weighted by atomic mass is 32.2. The molecule has 0 amide bonds. The van der Waals surface area contributed by atoms with Gasteiger partial charge in [-0.15, -0.1) is 11.3 Å². The zero-order valence-corrected chi connectivity index (χ0v) is 19.7. The zero-order chi connectivity index (χ0) is 22.4. The van der Waals surface area contributed by atoms with E-state index in [9.17, 15) is 9.59 Å². The van der Waals surface area contributed by atoms with Crippen LogP contribution in [0.1, 0.15) is 44.3 Å². The maximum atomic E-state index is 13.7. The molecule has 0 unspecified atom stereocenters. The first-order valence-electron chi connectivity index (χ1n) is 10.4. The molecule has 0 saturated heterocycles. The lowest BCUT2D eigenvalue weighted by Gasteiger charge is -2.12. The average molecular weight is 467 g/mol. The molecule has 164 valence electrons. The van der Waals surface area contributed by atoms with E-state index < -0.39 is 5.97 Å². The number of carbonyl (C=O) groups excluding carboxylic acids is 1. The number of aryl methyl sites for hydroxylation is 4. The van der Waals surface area contributed by atoms with Gasteiger partial charge in [0.1, 0.15) is 21.9 Å². The monoisotopic (exact) mass is 466 g/mol. The number of methoxy groups -OCH3 is 1. The Bertz CT molecular complexity index is 1410. The van der Waals surface area contributed by atoms with Crippen molar-refractivity contribution in [2.75, 3.05) is 7.11 Å². The van der Waals surface area contributed by atoms with Crippen LogP contribution in [0.5, 0.6) is 0 Å². The predicted octanol–water partition coefficient (Wildman–Crippen LogP) is 5.22. The smallest absolute Gasteiger partial charge is 0.341 e. The summed E-state index contributed by atoms with van der Waals surface area (Å²) in [5.74, 6) is 1.16. The second-order valence-electron chi connectivity index (χ2n) is 7.87. The Morgan fingerprint density at radius 3 is 2.91 bits per heavy atom. The normalized spacial score (nSPS) is 13.0. The number of nitrogens with zero attached hydrogens (tertiary/aromatic N) is 2. The fraction of sp³-hybridized carbons (Fsp3) is 0.292. The summed E-state index contributed by atoms with van der Waals surface area (Å²) < 4.78 is 12.3. The topological polar surface area (TPSA) is 74.3 Å². The third-order valence-electron chi connectivity index (χ3n) is 5.69. The standard InChI is InChI=1S/C24H22N2O4S2/c1-13-6-4-7-15(10-13)26-22(27)20-17-8-5-9-19(17)32-21(20)25-24(26)31-12-16-11-18(14(2)30-16)23(28)29-3/h4,6-7,10-11H,5,8-9,12H2,1-3H3. The van der Waals surface area contributed by atoms with Gasteiger partial charge in [-0.3, -0.25) is 9.36 Å². The van der Waals surface area contributed by atoms with Crippen molar-refractivity contribution in [1.82, 2.24) is 9.55 Å². The van der Waals surface area contributed by atoms with Gasteiger partial charge in [-0.1, -0.05) is 23.9 Å². The maximum Gasteiger partial charge on any atom is 0.341 e. The van der Waals surface area contributed by atoms with E-state index in [-0.39, 0.29) is 5.56 Å². The Morgan fingerprint density at radius 2 is 2.12 bits per heavy atom. The molecule has 0 N–H and O–H groups in total. The molecule has 0 aliphatic heterocycles. The predicted molar refractivity (Wildman–Crippen MR) is 126 cm³/mol. The number of hydrogen-bond donors (Lipinski definition) is 0. The third-order valence-corrected chi connectivity index (χ3v) is 7.83. The fourth-order valence-corrected chi connectivity index (χ4v) is 6.38. The largest absolute Gasteiger partial charge is 0.465 e. The molecule has 1 aromatic carbocycles. The number of esters is 1. The van der Waals surface area contributed by atoms with Crippen LogP contribution in [0.25, 0.3) is 15.9 Å². The molecule has 0 saturated carbocycles. The minimum absolute atomic E-state index is 0.0200. The van der Waals surface area contributed by atoms with Gasteiger partial charge in [0, 0.05) is 4.88 Å². The second kappa shape index (κ2) is 8.26. The summed E-state index contributed by atoms with van der Waals surface area (Å²) in [6.45, 7) is 3.75. The molecule has 4 aromatic rings. The number of thiophene rings is 1. The molecule has 3 aromatic heterocycles. The summed E-state index contributed by atoms with van der Waals surface area (Å²) in [6.07, 6.45) is 3.05. The van der Waals surface area contributed by atoms with Crippen LogP contribution in [0.4, 0.5) is 0 Å². The lowest BCUT2D eigenvalue weighted by molar-refractivity contribution is 0.0599. The van der Waals surface area contributed by atoms with E-state index in [4.69, 9.17) is 14.1 Å². The van der Waals surface area contributed by atoms with Crippen molar-refractivity contribution in [3.63, 3.8) is 0 Å². The van der Waals surface area contributed by atoms with Crippen LogP contribution in [0.3, 0.4) is 0 Å². The van der Waals surface area contributed by atoms with Crippen LogP contribution in [0.2, 0.25) is 0 Å². The van der Waals surface area contributed by atoms with E-state index in [1.165, 1.54) is 29.3 Å². The van der Waals surface area contributed by atoms with E-state index in [0.29, 0.717) is 28.0 Å². The molecule has 0 fully saturated rings. The molecule has 8 heteroatoms. The van der Waals surface area contributed by atoms with Gasteiger partial charge < -0.3 is 9.15 Å². The van der Waals surface area contributed by atoms with Crippen molar-refractivity contribution in [3.05, 3.63) is 73.8 Å². The van der Waals surface area contributed by atoms with Gasteiger partial charge in [0.2, 0.25) is 0 Å². The summed E-state index contributed by atoms with van der Waals surface area (Å²) >= 11 is 3.06. The Labute approximate surface area is 193 Å².